The van der Waals surface area contributed by atoms with Gasteiger partial charge in [-0.25, -0.2) is 9.78 Å². The maximum absolute atomic E-state index is 12.9. The lowest BCUT2D eigenvalue weighted by atomic mass is 9.86. The first-order chi connectivity index (χ1) is 14.6. The van der Waals surface area contributed by atoms with Gasteiger partial charge in [-0.1, -0.05) is 19.1 Å². The van der Waals surface area contributed by atoms with Crippen LogP contribution in [0.3, 0.4) is 0 Å². The van der Waals surface area contributed by atoms with Crippen LogP contribution in [0.4, 0.5) is 4.79 Å². The molecule has 1 aromatic carbocycles. The van der Waals surface area contributed by atoms with Crippen LogP contribution >= 0.6 is 11.3 Å². The average Bonchev–Trinajstić information content (AvgIpc) is 3.06. The average molecular weight is 444 g/mol. The predicted molar refractivity (Wildman–Crippen MR) is 125 cm³/mol. The van der Waals surface area contributed by atoms with Crippen molar-refractivity contribution in [3.8, 4) is 0 Å². The van der Waals surface area contributed by atoms with Crippen LogP contribution in [-0.2, 0) is 14.9 Å². The quantitative estimate of drug-likeness (QED) is 0.683. The van der Waals surface area contributed by atoms with Crippen molar-refractivity contribution >= 4 is 33.3 Å². The molecule has 1 saturated heterocycles. The van der Waals surface area contributed by atoms with Crippen LogP contribution in [0.25, 0.3) is 15.9 Å². The number of benzene rings is 1. The molecule has 0 unspecified atom stereocenters. The van der Waals surface area contributed by atoms with Gasteiger partial charge in [-0.2, -0.15) is 0 Å². The van der Waals surface area contributed by atoms with E-state index in [9.17, 15) is 4.79 Å². The lowest BCUT2D eigenvalue weighted by Crippen LogP contribution is -2.53. The molecule has 0 saturated carbocycles. The molecule has 1 atom stereocenters. The van der Waals surface area contributed by atoms with E-state index in [2.05, 4.69) is 50.2 Å². The van der Waals surface area contributed by atoms with Gasteiger partial charge in [-0.3, -0.25) is 4.90 Å². The summed E-state index contributed by atoms with van der Waals surface area (Å²) in [6, 6.07) is 6.33. The minimum Gasteiger partial charge on any atom is -0.443 e. The van der Waals surface area contributed by atoms with E-state index in [0.29, 0.717) is 25.7 Å². The number of hydrogen-bond donors (Lipinski definition) is 0. The number of rotatable bonds is 4. The second-order valence-electron chi connectivity index (χ2n) is 10.2. The molecule has 2 aliphatic rings. The van der Waals surface area contributed by atoms with Gasteiger partial charge in [0.15, 0.2) is 0 Å². The topological polar surface area (TPSA) is 54.9 Å². The van der Waals surface area contributed by atoms with Crippen LogP contribution in [0.5, 0.6) is 0 Å². The van der Waals surface area contributed by atoms with Crippen molar-refractivity contribution in [2.75, 3.05) is 40.4 Å². The Morgan fingerprint density at radius 3 is 2.71 bits per heavy atom. The van der Waals surface area contributed by atoms with E-state index in [1.54, 1.807) is 16.2 Å². The Balaban J connectivity index is 1.66. The van der Waals surface area contributed by atoms with E-state index >= 15 is 0 Å². The third kappa shape index (κ3) is 4.64. The summed E-state index contributed by atoms with van der Waals surface area (Å²) in [4.78, 5) is 21.9. The van der Waals surface area contributed by atoms with Crippen LogP contribution in [-0.4, -0.2) is 66.9 Å². The van der Waals surface area contributed by atoms with E-state index in [1.165, 1.54) is 0 Å². The monoisotopic (exact) mass is 443 g/mol. The number of carbonyl (C=O) groups is 1. The van der Waals surface area contributed by atoms with Gasteiger partial charge in [-0.05, 0) is 59.3 Å². The van der Waals surface area contributed by atoms with E-state index in [-0.39, 0.29) is 11.5 Å². The standard InChI is InChI=1S/C24H33N3O3S/c1-16-7-9-19(27(12-16)22(28)30-23(2,3)4)17-8-10-20-18(11-17)25-21(31-20)24(13-26(5)6)14-29-15-24/h8-11,16H,7,12-15H2,1-6H3/t16-/m0/s1. The number of thiazole rings is 1. The molecule has 1 aromatic heterocycles. The van der Waals surface area contributed by atoms with Gasteiger partial charge in [0, 0.05) is 18.7 Å². The number of likely N-dealkylation sites (N-methyl/N-ethyl adjacent to an activating group) is 1. The predicted octanol–water partition coefficient (Wildman–Crippen LogP) is 4.74. The SMILES string of the molecule is C[C@H]1CC=C(c2ccc3sc(C4(CN(C)C)COC4)nc3c2)N(C(=O)OC(C)(C)C)C1. The molecule has 2 aliphatic heterocycles. The Hall–Kier alpha value is -1.96. The Morgan fingerprint density at radius 2 is 2.10 bits per heavy atom. The van der Waals surface area contributed by atoms with E-state index in [4.69, 9.17) is 14.5 Å². The first-order valence-electron chi connectivity index (χ1n) is 10.9. The van der Waals surface area contributed by atoms with Crippen LogP contribution in [0.2, 0.25) is 0 Å². The fourth-order valence-corrected chi connectivity index (χ4v) is 5.32. The highest BCUT2D eigenvalue weighted by molar-refractivity contribution is 7.18. The van der Waals surface area contributed by atoms with Crippen molar-refractivity contribution < 1.29 is 14.3 Å². The molecular weight excluding hydrogens is 410 g/mol. The summed E-state index contributed by atoms with van der Waals surface area (Å²) in [5.74, 6) is 0.399. The van der Waals surface area contributed by atoms with E-state index in [1.807, 2.05) is 20.8 Å². The van der Waals surface area contributed by atoms with Crippen LogP contribution in [0.15, 0.2) is 24.3 Å². The zero-order valence-corrected chi connectivity index (χ0v) is 20.2. The van der Waals surface area contributed by atoms with Crippen molar-refractivity contribution in [2.45, 2.75) is 45.1 Å². The molecule has 0 bridgehead atoms. The normalized spacial score (nSPS) is 21.2. The third-order valence-corrected chi connectivity index (χ3v) is 6.91. The molecule has 168 valence electrons. The van der Waals surface area contributed by atoms with E-state index < -0.39 is 5.60 Å². The van der Waals surface area contributed by atoms with Gasteiger partial charge in [-0.15, -0.1) is 11.3 Å². The number of hydrogen-bond acceptors (Lipinski definition) is 6. The van der Waals surface area contributed by atoms with Crippen molar-refractivity contribution in [2.24, 2.45) is 5.92 Å². The Labute approximate surface area is 188 Å². The molecule has 3 heterocycles. The Bertz CT molecular complexity index is 1000. The lowest BCUT2D eigenvalue weighted by molar-refractivity contribution is -0.0698. The van der Waals surface area contributed by atoms with Crippen LogP contribution in [0, 0.1) is 5.92 Å². The van der Waals surface area contributed by atoms with Gasteiger partial charge in [0.05, 0.1) is 34.5 Å². The second-order valence-corrected chi connectivity index (χ2v) is 11.3. The number of carbonyl (C=O) groups excluding carboxylic acids is 1. The summed E-state index contributed by atoms with van der Waals surface area (Å²) in [5, 5.41) is 1.13. The molecule has 1 amide bonds. The minimum absolute atomic E-state index is 0.0184. The number of amides is 1. The third-order valence-electron chi connectivity index (χ3n) is 5.63. The maximum Gasteiger partial charge on any atom is 0.414 e. The molecule has 0 spiro atoms. The highest BCUT2D eigenvalue weighted by atomic mass is 32.1. The molecule has 7 heteroatoms. The summed E-state index contributed by atoms with van der Waals surface area (Å²) in [5.41, 5.74) is 2.36. The molecule has 4 rings (SSSR count). The maximum atomic E-state index is 12.9. The molecule has 0 N–H and O–H groups in total. The van der Waals surface area contributed by atoms with Gasteiger partial charge >= 0.3 is 6.09 Å². The summed E-state index contributed by atoms with van der Waals surface area (Å²) >= 11 is 1.75. The number of allylic oxidation sites excluding steroid dienone is 1. The van der Waals surface area contributed by atoms with Crippen molar-refractivity contribution in [1.82, 2.24) is 14.8 Å². The molecule has 6 nitrogen and oxygen atoms in total. The molecule has 1 fully saturated rings. The minimum atomic E-state index is -0.526. The first kappa shape index (κ1) is 22.2. The smallest absolute Gasteiger partial charge is 0.414 e. The molecule has 0 aliphatic carbocycles. The summed E-state index contributed by atoms with van der Waals surface area (Å²) < 4.78 is 12.4. The van der Waals surface area contributed by atoms with Gasteiger partial charge in [0.2, 0.25) is 0 Å². The summed E-state index contributed by atoms with van der Waals surface area (Å²) in [6.45, 7) is 10.9. The largest absolute Gasteiger partial charge is 0.443 e. The van der Waals surface area contributed by atoms with Gasteiger partial charge in [0.25, 0.3) is 0 Å². The zero-order valence-electron chi connectivity index (χ0n) is 19.4. The van der Waals surface area contributed by atoms with Crippen molar-refractivity contribution in [1.29, 1.82) is 0 Å². The van der Waals surface area contributed by atoms with Crippen LogP contribution in [0.1, 0.15) is 44.7 Å². The number of ether oxygens (including phenoxy) is 2. The zero-order chi connectivity index (χ0) is 22.4. The lowest BCUT2D eigenvalue weighted by Gasteiger charge is -2.41. The molecule has 31 heavy (non-hydrogen) atoms. The fourth-order valence-electron chi connectivity index (χ4n) is 4.22. The van der Waals surface area contributed by atoms with Gasteiger partial charge < -0.3 is 14.4 Å². The highest BCUT2D eigenvalue weighted by Gasteiger charge is 2.43. The molecule has 2 aromatic rings. The Morgan fingerprint density at radius 1 is 1.35 bits per heavy atom. The molecular formula is C24H33N3O3S. The second kappa shape index (κ2) is 8.19. The first-order valence-corrected chi connectivity index (χ1v) is 11.7. The van der Waals surface area contributed by atoms with Crippen molar-refractivity contribution in [3.05, 3.63) is 34.8 Å². The number of nitrogens with zero attached hydrogens (tertiary/aromatic N) is 3. The van der Waals surface area contributed by atoms with Gasteiger partial charge in [0.1, 0.15) is 10.6 Å². The summed E-state index contributed by atoms with van der Waals surface area (Å²) in [6.07, 6.45) is 2.80. The highest BCUT2D eigenvalue weighted by Crippen LogP contribution is 2.39. The number of aromatic nitrogens is 1. The van der Waals surface area contributed by atoms with Crippen molar-refractivity contribution in [3.63, 3.8) is 0 Å². The fraction of sp³-hybridized carbons (Fsp3) is 0.583. The Kier molecular flexibility index (Phi) is 5.87. The number of fused-ring (bicyclic) bond motifs is 1. The summed E-state index contributed by atoms with van der Waals surface area (Å²) in [7, 11) is 4.18. The molecule has 0 radical (unpaired) electrons. The van der Waals surface area contributed by atoms with Crippen LogP contribution < -0.4 is 0 Å². The van der Waals surface area contributed by atoms with E-state index in [0.717, 1.165) is 39.5 Å².